The SMILES string of the molecule is N#Cc1cc(C(=O)N/N=C/c2ccc(NC(=O)Cc3cccc(O)c3)c3ccccc23)ccc1O. The molecule has 2 amide bonds. The van der Waals surface area contributed by atoms with E-state index >= 15 is 0 Å². The summed E-state index contributed by atoms with van der Waals surface area (Å²) in [5, 5.41) is 36.7. The molecular weight excluding hydrogens is 444 g/mol. The average molecular weight is 464 g/mol. The lowest BCUT2D eigenvalue weighted by molar-refractivity contribution is -0.115. The first-order valence-electron chi connectivity index (χ1n) is 10.6. The molecular formula is C27H20N4O4. The highest BCUT2D eigenvalue weighted by molar-refractivity contribution is 6.08. The third kappa shape index (κ3) is 5.43. The second-order valence-electron chi connectivity index (χ2n) is 7.69. The topological polar surface area (TPSA) is 135 Å². The van der Waals surface area contributed by atoms with Crippen molar-refractivity contribution in [3.63, 3.8) is 0 Å². The van der Waals surface area contributed by atoms with E-state index in [-0.39, 0.29) is 35.0 Å². The molecule has 35 heavy (non-hydrogen) atoms. The maximum atomic E-state index is 12.6. The minimum atomic E-state index is -0.530. The fraction of sp³-hybridized carbons (Fsp3) is 0.0370. The summed E-state index contributed by atoms with van der Waals surface area (Å²) in [4.78, 5) is 24.9. The number of carbonyl (C=O) groups excluding carboxylic acids is 2. The number of phenols is 2. The molecule has 0 fully saturated rings. The number of fused-ring (bicyclic) bond motifs is 1. The first kappa shape index (κ1) is 23.0. The molecule has 4 aromatic carbocycles. The van der Waals surface area contributed by atoms with Crippen molar-refractivity contribution < 1.29 is 19.8 Å². The number of nitriles is 1. The Kier molecular flexibility index (Phi) is 6.70. The van der Waals surface area contributed by atoms with E-state index in [1.165, 1.54) is 24.4 Å². The number of hydrogen-bond donors (Lipinski definition) is 4. The molecule has 0 heterocycles. The van der Waals surface area contributed by atoms with Crippen LogP contribution >= 0.6 is 0 Å². The van der Waals surface area contributed by atoms with E-state index in [0.29, 0.717) is 11.3 Å². The molecule has 4 N–H and O–H groups in total. The van der Waals surface area contributed by atoms with Crippen molar-refractivity contribution in [2.75, 3.05) is 5.32 Å². The lowest BCUT2D eigenvalue weighted by atomic mass is 10.0. The minimum absolute atomic E-state index is 0.00525. The predicted octanol–water partition coefficient (Wildman–Crippen LogP) is 4.07. The summed E-state index contributed by atoms with van der Waals surface area (Å²) in [7, 11) is 0. The van der Waals surface area contributed by atoms with Crippen molar-refractivity contribution in [1.82, 2.24) is 5.43 Å². The average Bonchev–Trinajstić information content (AvgIpc) is 2.85. The van der Waals surface area contributed by atoms with Crippen molar-refractivity contribution in [1.29, 1.82) is 5.26 Å². The highest BCUT2D eigenvalue weighted by Gasteiger charge is 2.11. The summed E-state index contributed by atoms with van der Waals surface area (Å²) in [6.07, 6.45) is 1.60. The molecule has 0 spiro atoms. The van der Waals surface area contributed by atoms with Crippen LogP contribution in [0.4, 0.5) is 5.69 Å². The molecule has 0 saturated heterocycles. The van der Waals surface area contributed by atoms with Gasteiger partial charge >= 0.3 is 0 Å². The fourth-order valence-electron chi connectivity index (χ4n) is 3.58. The van der Waals surface area contributed by atoms with Gasteiger partial charge in [-0.05, 0) is 47.3 Å². The zero-order chi connectivity index (χ0) is 24.8. The Morgan fingerprint density at radius 3 is 2.51 bits per heavy atom. The smallest absolute Gasteiger partial charge is 0.271 e. The van der Waals surface area contributed by atoms with Gasteiger partial charge < -0.3 is 15.5 Å². The molecule has 172 valence electrons. The van der Waals surface area contributed by atoms with Gasteiger partial charge in [-0.25, -0.2) is 5.43 Å². The van der Waals surface area contributed by atoms with Gasteiger partial charge in [-0.2, -0.15) is 10.4 Å². The van der Waals surface area contributed by atoms with Gasteiger partial charge in [-0.15, -0.1) is 0 Å². The van der Waals surface area contributed by atoms with E-state index < -0.39 is 5.91 Å². The number of nitrogens with zero attached hydrogens (tertiary/aromatic N) is 2. The van der Waals surface area contributed by atoms with Crippen LogP contribution < -0.4 is 10.7 Å². The Hall–Kier alpha value is -5.16. The Morgan fingerprint density at radius 2 is 1.74 bits per heavy atom. The van der Waals surface area contributed by atoms with Gasteiger partial charge in [-0.3, -0.25) is 9.59 Å². The van der Waals surface area contributed by atoms with E-state index in [0.717, 1.165) is 16.3 Å². The van der Waals surface area contributed by atoms with Crippen LogP contribution in [0, 0.1) is 11.3 Å². The number of hydrazone groups is 1. The van der Waals surface area contributed by atoms with E-state index in [1.807, 2.05) is 30.3 Å². The van der Waals surface area contributed by atoms with Crippen LogP contribution in [0.1, 0.15) is 27.0 Å². The summed E-state index contributed by atoms with van der Waals surface area (Å²) in [6, 6.07) is 23.3. The predicted molar refractivity (Wildman–Crippen MR) is 132 cm³/mol. The molecule has 0 bridgehead atoms. The molecule has 8 nitrogen and oxygen atoms in total. The number of aromatic hydroxyl groups is 2. The van der Waals surface area contributed by atoms with Gasteiger partial charge in [0.05, 0.1) is 18.2 Å². The van der Waals surface area contributed by atoms with Crippen LogP contribution in [0.15, 0.2) is 84.0 Å². The van der Waals surface area contributed by atoms with Crippen molar-refractivity contribution >= 4 is 34.5 Å². The van der Waals surface area contributed by atoms with Crippen LogP contribution in [0.2, 0.25) is 0 Å². The van der Waals surface area contributed by atoms with Crippen LogP contribution in [0.3, 0.4) is 0 Å². The van der Waals surface area contributed by atoms with Gasteiger partial charge in [0, 0.05) is 22.2 Å². The number of rotatable bonds is 6. The molecule has 0 aliphatic carbocycles. The molecule has 0 unspecified atom stereocenters. The molecule has 0 aliphatic rings. The lowest BCUT2D eigenvalue weighted by Crippen LogP contribution is -2.17. The second kappa shape index (κ2) is 10.2. The number of hydrogen-bond acceptors (Lipinski definition) is 6. The first-order chi connectivity index (χ1) is 16.9. The van der Waals surface area contributed by atoms with Gasteiger partial charge in [0.1, 0.15) is 17.6 Å². The van der Waals surface area contributed by atoms with Crippen LogP contribution in [0.25, 0.3) is 10.8 Å². The van der Waals surface area contributed by atoms with Gasteiger partial charge in [0.25, 0.3) is 5.91 Å². The van der Waals surface area contributed by atoms with Gasteiger partial charge in [-0.1, -0.05) is 42.5 Å². The van der Waals surface area contributed by atoms with Crippen molar-refractivity contribution in [3.8, 4) is 17.6 Å². The third-order valence-electron chi connectivity index (χ3n) is 5.26. The number of anilines is 1. The summed E-state index contributed by atoms with van der Waals surface area (Å²) in [6.45, 7) is 0. The molecule has 4 aromatic rings. The number of carbonyl (C=O) groups is 2. The Morgan fingerprint density at radius 1 is 0.943 bits per heavy atom. The van der Waals surface area contributed by atoms with Crippen molar-refractivity contribution in [3.05, 3.63) is 101 Å². The third-order valence-corrected chi connectivity index (χ3v) is 5.26. The monoisotopic (exact) mass is 464 g/mol. The molecule has 0 radical (unpaired) electrons. The summed E-state index contributed by atoms with van der Waals surface area (Å²) < 4.78 is 0. The van der Waals surface area contributed by atoms with E-state index in [2.05, 4.69) is 15.8 Å². The molecule has 0 saturated carbocycles. The molecule has 8 heteroatoms. The Bertz CT molecular complexity index is 1510. The van der Waals surface area contributed by atoms with E-state index in [4.69, 9.17) is 5.26 Å². The molecule has 0 atom stereocenters. The second-order valence-corrected chi connectivity index (χ2v) is 7.69. The standard InChI is InChI=1S/C27H20N4O4/c28-15-20-14-18(9-11-25(20)33)27(35)31-29-16-19-8-10-24(23-7-2-1-6-22(19)23)30-26(34)13-17-4-3-5-21(32)12-17/h1-12,14,16,32-33H,13H2,(H,30,34)(H,31,35)/b29-16+. The van der Waals surface area contributed by atoms with Gasteiger partial charge in [0.2, 0.25) is 5.91 Å². The maximum Gasteiger partial charge on any atom is 0.271 e. The zero-order valence-electron chi connectivity index (χ0n) is 18.4. The lowest BCUT2D eigenvalue weighted by Gasteiger charge is -2.11. The summed E-state index contributed by atoms with van der Waals surface area (Å²) >= 11 is 0. The number of benzene rings is 4. The van der Waals surface area contributed by atoms with E-state index in [1.54, 1.807) is 36.4 Å². The fourth-order valence-corrected chi connectivity index (χ4v) is 3.58. The highest BCUT2D eigenvalue weighted by Crippen LogP contribution is 2.26. The van der Waals surface area contributed by atoms with Gasteiger partial charge in [0.15, 0.2) is 0 Å². The molecule has 0 aromatic heterocycles. The first-order valence-corrected chi connectivity index (χ1v) is 10.6. The number of amides is 2. The largest absolute Gasteiger partial charge is 0.508 e. The zero-order valence-corrected chi connectivity index (χ0v) is 18.4. The van der Waals surface area contributed by atoms with Crippen LogP contribution in [0.5, 0.6) is 11.5 Å². The maximum absolute atomic E-state index is 12.6. The van der Waals surface area contributed by atoms with Crippen molar-refractivity contribution in [2.45, 2.75) is 6.42 Å². The summed E-state index contributed by atoms with van der Waals surface area (Å²) in [5.41, 5.74) is 4.63. The molecule has 4 rings (SSSR count). The van der Waals surface area contributed by atoms with Crippen LogP contribution in [-0.4, -0.2) is 28.2 Å². The molecule has 0 aliphatic heterocycles. The van der Waals surface area contributed by atoms with Crippen molar-refractivity contribution in [2.24, 2.45) is 5.10 Å². The highest BCUT2D eigenvalue weighted by atomic mass is 16.3. The minimum Gasteiger partial charge on any atom is -0.508 e. The van der Waals surface area contributed by atoms with E-state index in [9.17, 15) is 19.8 Å². The summed E-state index contributed by atoms with van der Waals surface area (Å²) in [5.74, 6) is -0.849. The Labute approximate surface area is 200 Å². The normalized spacial score (nSPS) is 10.7. The van der Waals surface area contributed by atoms with Crippen LogP contribution in [-0.2, 0) is 11.2 Å². The number of phenolic OH excluding ortho intramolecular Hbond substituents is 2. The quantitative estimate of drug-likeness (QED) is 0.252. The Balaban J connectivity index is 1.50. The number of nitrogens with one attached hydrogen (secondary N) is 2.